The lowest BCUT2D eigenvalue weighted by atomic mass is 9.64. The summed E-state index contributed by atoms with van der Waals surface area (Å²) in [6, 6.07) is 0. The molecule has 12 heavy (non-hydrogen) atoms. The first-order chi connectivity index (χ1) is 5.43. The standard InChI is InChI=1S/C11H22O/c1-8(2)10-6-5-9(12)7-11(10,3)4/h8-10,12H,5-7H2,1-4H3. The molecule has 2 atom stereocenters. The highest BCUT2D eigenvalue weighted by atomic mass is 16.3. The molecule has 1 N–H and O–H groups in total. The van der Waals surface area contributed by atoms with E-state index in [9.17, 15) is 5.11 Å². The predicted octanol–water partition coefficient (Wildman–Crippen LogP) is 2.83. The van der Waals surface area contributed by atoms with Crippen LogP contribution in [0.4, 0.5) is 0 Å². The molecule has 0 aromatic rings. The molecule has 2 unspecified atom stereocenters. The summed E-state index contributed by atoms with van der Waals surface area (Å²) in [4.78, 5) is 0. The van der Waals surface area contributed by atoms with Crippen LogP contribution in [0.1, 0.15) is 47.0 Å². The third-order valence-corrected chi connectivity index (χ3v) is 3.38. The number of aliphatic hydroxyl groups excluding tert-OH is 1. The van der Waals surface area contributed by atoms with Gasteiger partial charge in [-0.2, -0.15) is 0 Å². The van der Waals surface area contributed by atoms with Gasteiger partial charge in [-0.1, -0.05) is 27.7 Å². The summed E-state index contributed by atoms with van der Waals surface area (Å²) in [7, 11) is 0. The quantitative estimate of drug-likeness (QED) is 0.641. The van der Waals surface area contributed by atoms with Crippen molar-refractivity contribution >= 4 is 0 Å². The van der Waals surface area contributed by atoms with Gasteiger partial charge in [0.25, 0.3) is 0 Å². The Morgan fingerprint density at radius 1 is 1.25 bits per heavy atom. The maximum atomic E-state index is 9.54. The van der Waals surface area contributed by atoms with Crippen molar-refractivity contribution in [2.24, 2.45) is 17.3 Å². The summed E-state index contributed by atoms with van der Waals surface area (Å²) < 4.78 is 0. The van der Waals surface area contributed by atoms with Gasteiger partial charge in [0, 0.05) is 0 Å². The molecule has 1 fully saturated rings. The number of aliphatic hydroxyl groups is 1. The minimum Gasteiger partial charge on any atom is -0.393 e. The van der Waals surface area contributed by atoms with Gasteiger partial charge in [0.05, 0.1) is 6.10 Å². The molecule has 72 valence electrons. The van der Waals surface area contributed by atoms with Crippen molar-refractivity contribution in [3.05, 3.63) is 0 Å². The van der Waals surface area contributed by atoms with E-state index in [1.807, 2.05) is 0 Å². The molecule has 0 aromatic heterocycles. The molecule has 1 saturated carbocycles. The van der Waals surface area contributed by atoms with Gasteiger partial charge in [0.2, 0.25) is 0 Å². The fourth-order valence-electron chi connectivity index (χ4n) is 2.86. The summed E-state index contributed by atoms with van der Waals surface area (Å²) in [6.07, 6.45) is 3.14. The highest BCUT2D eigenvalue weighted by Crippen LogP contribution is 2.44. The summed E-state index contributed by atoms with van der Waals surface area (Å²) in [6.45, 7) is 9.17. The van der Waals surface area contributed by atoms with Crippen LogP contribution in [0, 0.1) is 17.3 Å². The second kappa shape index (κ2) is 3.37. The molecule has 1 rings (SSSR count). The lowest BCUT2D eigenvalue weighted by Crippen LogP contribution is -2.37. The second-order valence-corrected chi connectivity index (χ2v) is 5.27. The summed E-state index contributed by atoms with van der Waals surface area (Å²) in [5.41, 5.74) is 0.339. The van der Waals surface area contributed by atoms with Crippen LogP contribution in [0.15, 0.2) is 0 Å². The first-order valence-corrected chi connectivity index (χ1v) is 5.11. The van der Waals surface area contributed by atoms with Crippen LogP contribution < -0.4 is 0 Å². The summed E-state index contributed by atoms with van der Waals surface area (Å²) in [5.74, 6) is 1.55. The largest absolute Gasteiger partial charge is 0.393 e. The van der Waals surface area contributed by atoms with Gasteiger partial charge in [0.1, 0.15) is 0 Å². The molecule has 0 radical (unpaired) electrons. The van der Waals surface area contributed by atoms with Gasteiger partial charge in [-0.3, -0.25) is 0 Å². The Bertz CT molecular complexity index is 149. The van der Waals surface area contributed by atoms with Crippen molar-refractivity contribution in [2.75, 3.05) is 0 Å². The molecule has 0 heterocycles. The zero-order chi connectivity index (χ0) is 9.35. The fraction of sp³-hybridized carbons (Fsp3) is 1.00. The number of hydrogen-bond acceptors (Lipinski definition) is 1. The minimum atomic E-state index is -0.0463. The van der Waals surface area contributed by atoms with Crippen molar-refractivity contribution in [3.8, 4) is 0 Å². The number of hydrogen-bond donors (Lipinski definition) is 1. The van der Waals surface area contributed by atoms with Gasteiger partial charge in [-0.15, -0.1) is 0 Å². The number of rotatable bonds is 1. The molecule has 0 aliphatic heterocycles. The Morgan fingerprint density at radius 3 is 2.25 bits per heavy atom. The molecule has 1 heteroatoms. The van der Waals surface area contributed by atoms with Gasteiger partial charge in [-0.25, -0.2) is 0 Å². The monoisotopic (exact) mass is 170 g/mol. The van der Waals surface area contributed by atoms with Gasteiger partial charge in [-0.05, 0) is 36.5 Å². The van der Waals surface area contributed by atoms with Crippen molar-refractivity contribution < 1.29 is 5.11 Å². The second-order valence-electron chi connectivity index (χ2n) is 5.27. The van der Waals surface area contributed by atoms with E-state index in [4.69, 9.17) is 0 Å². The van der Waals surface area contributed by atoms with Crippen LogP contribution in [0.25, 0.3) is 0 Å². The smallest absolute Gasteiger partial charge is 0.0545 e. The van der Waals surface area contributed by atoms with Crippen LogP contribution in [-0.2, 0) is 0 Å². The molecule has 0 spiro atoms. The molecular weight excluding hydrogens is 148 g/mol. The molecule has 0 saturated heterocycles. The Hall–Kier alpha value is -0.0400. The molecule has 1 aliphatic rings. The average molecular weight is 170 g/mol. The Kier molecular flexibility index (Phi) is 2.82. The van der Waals surface area contributed by atoms with Crippen LogP contribution >= 0.6 is 0 Å². The molecule has 1 aliphatic carbocycles. The predicted molar refractivity (Wildman–Crippen MR) is 52.0 cm³/mol. The first kappa shape index (κ1) is 10.0. The normalized spacial score (nSPS) is 35.5. The highest BCUT2D eigenvalue weighted by molar-refractivity contribution is 4.87. The zero-order valence-corrected chi connectivity index (χ0v) is 8.80. The van der Waals surface area contributed by atoms with E-state index in [0.29, 0.717) is 5.41 Å². The third-order valence-electron chi connectivity index (χ3n) is 3.38. The van der Waals surface area contributed by atoms with E-state index in [1.54, 1.807) is 0 Å². The van der Waals surface area contributed by atoms with E-state index >= 15 is 0 Å². The molecule has 0 amide bonds. The van der Waals surface area contributed by atoms with E-state index < -0.39 is 0 Å². The van der Waals surface area contributed by atoms with Gasteiger partial charge < -0.3 is 5.11 Å². The van der Waals surface area contributed by atoms with Crippen molar-refractivity contribution in [3.63, 3.8) is 0 Å². The minimum absolute atomic E-state index is 0.0463. The van der Waals surface area contributed by atoms with E-state index in [-0.39, 0.29) is 6.10 Å². The summed E-state index contributed by atoms with van der Waals surface area (Å²) in [5, 5.41) is 9.54. The van der Waals surface area contributed by atoms with Crippen LogP contribution in [-0.4, -0.2) is 11.2 Å². The van der Waals surface area contributed by atoms with Crippen LogP contribution in [0.2, 0.25) is 0 Å². The summed E-state index contributed by atoms with van der Waals surface area (Å²) >= 11 is 0. The topological polar surface area (TPSA) is 20.2 Å². The van der Waals surface area contributed by atoms with Crippen molar-refractivity contribution in [1.82, 2.24) is 0 Å². The average Bonchev–Trinajstić information content (AvgIpc) is 1.82. The molecule has 0 bridgehead atoms. The maximum Gasteiger partial charge on any atom is 0.0545 e. The third kappa shape index (κ3) is 2.01. The van der Waals surface area contributed by atoms with Crippen LogP contribution in [0.3, 0.4) is 0 Å². The van der Waals surface area contributed by atoms with E-state index in [0.717, 1.165) is 24.7 Å². The fourth-order valence-corrected chi connectivity index (χ4v) is 2.86. The Labute approximate surface area is 76.2 Å². The van der Waals surface area contributed by atoms with Crippen LogP contribution in [0.5, 0.6) is 0 Å². The Balaban J connectivity index is 2.64. The first-order valence-electron chi connectivity index (χ1n) is 5.11. The van der Waals surface area contributed by atoms with E-state index in [2.05, 4.69) is 27.7 Å². The van der Waals surface area contributed by atoms with Crippen molar-refractivity contribution in [1.29, 1.82) is 0 Å². The maximum absolute atomic E-state index is 9.54. The van der Waals surface area contributed by atoms with Gasteiger partial charge >= 0.3 is 0 Å². The van der Waals surface area contributed by atoms with E-state index in [1.165, 1.54) is 6.42 Å². The lowest BCUT2D eigenvalue weighted by molar-refractivity contribution is 0.00444. The van der Waals surface area contributed by atoms with Gasteiger partial charge in [0.15, 0.2) is 0 Å². The molecule has 1 nitrogen and oxygen atoms in total. The Morgan fingerprint density at radius 2 is 1.83 bits per heavy atom. The lowest BCUT2D eigenvalue weighted by Gasteiger charge is -2.43. The molecular formula is C11H22O. The van der Waals surface area contributed by atoms with Crippen molar-refractivity contribution in [2.45, 2.75) is 53.1 Å². The highest BCUT2D eigenvalue weighted by Gasteiger charge is 2.37. The zero-order valence-electron chi connectivity index (χ0n) is 8.80. The SMILES string of the molecule is CC(C)C1CCC(O)CC1(C)C. The molecule has 0 aromatic carbocycles.